The van der Waals surface area contributed by atoms with Gasteiger partial charge in [-0.3, -0.25) is 4.55 Å². The van der Waals surface area contributed by atoms with Gasteiger partial charge in [-0.15, -0.1) is 11.6 Å². The number of aliphatic hydroxyl groups excluding tert-OH is 1. The zero-order valence-electron chi connectivity index (χ0n) is 8.93. The van der Waals surface area contributed by atoms with Crippen LogP contribution in [0.5, 0.6) is 0 Å². The van der Waals surface area contributed by atoms with E-state index in [1.165, 1.54) is 12.1 Å². The van der Waals surface area contributed by atoms with Crippen molar-refractivity contribution in [1.29, 1.82) is 0 Å². The van der Waals surface area contributed by atoms with Crippen LogP contribution < -0.4 is 0 Å². The first kappa shape index (κ1) is 15.4. The fraction of sp³-hybridized carbons (Fsp3) is 0.400. The van der Waals surface area contributed by atoms with E-state index in [2.05, 4.69) is 0 Å². The highest BCUT2D eigenvalue weighted by molar-refractivity contribution is 7.85. The van der Waals surface area contributed by atoms with Crippen LogP contribution in [0.15, 0.2) is 29.2 Å². The molecule has 4 nitrogen and oxygen atoms in total. The zero-order chi connectivity index (χ0) is 12.6. The molecule has 16 heavy (non-hydrogen) atoms. The molecule has 1 aromatic carbocycles. The van der Waals surface area contributed by atoms with E-state index in [0.29, 0.717) is 12.3 Å². The molecule has 0 amide bonds. The molecule has 0 radical (unpaired) electrons. The lowest BCUT2D eigenvalue weighted by Crippen LogP contribution is -1.96. The maximum atomic E-state index is 10.5. The minimum atomic E-state index is -4.02. The standard InChI is InChI=1S/C7H8O3S.C3H7ClO/c1-6-2-4-7(5-3-6)11(8,9)10;4-2-1-3-5/h2-5H,1H3,(H,8,9,10);5H,1-3H2. The molecule has 6 heteroatoms. The predicted molar refractivity (Wildman–Crippen MR) is 63.4 cm³/mol. The second kappa shape index (κ2) is 7.62. The van der Waals surface area contributed by atoms with Crippen LogP contribution in [-0.2, 0) is 10.1 Å². The lowest BCUT2D eigenvalue weighted by Gasteiger charge is -1.95. The molecule has 1 rings (SSSR count). The Balaban J connectivity index is 0.000000385. The van der Waals surface area contributed by atoms with Crippen LogP contribution in [0.25, 0.3) is 0 Å². The van der Waals surface area contributed by atoms with Crippen LogP contribution in [-0.4, -0.2) is 30.6 Å². The van der Waals surface area contributed by atoms with Gasteiger partial charge in [0.25, 0.3) is 10.1 Å². The molecule has 0 aliphatic carbocycles. The summed E-state index contributed by atoms with van der Waals surface area (Å²) < 4.78 is 29.6. The summed E-state index contributed by atoms with van der Waals surface area (Å²) in [5, 5.41) is 7.98. The molecule has 0 saturated carbocycles. The van der Waals surface area contributed by atoms with Crippen molar-refractivity contribution >= 4 is 21.7 Å². The Morgan fingerprint density at radius 3 is 2.00 bits per heavy atom. The van der Waals surface area contributed by atoms with Crippen molar-refractivity contribution in [3.05, 3.63) is 29.8 Å². The minimum Gasteiger partial charge on any atom is -0.396 e. The molecule has 0 fully saturated rings. The van der Waals surface area contributed by atoms with Gasteiger partial charge in [0.2, 0.25) is 0 Å². The minimum absolute atomic E-state index is 0.0666. The third-order valence-corrected chi connectivity index (χ3v) is 2.75. The number of benzene rings is 1. The molecule has 0 aliphatic rings. The summed E-state index contributed by atoms with van der Waals surface area (Å²) in [5.41, 5.74) is 0.956. The van der Waals surface area contributed by atoms with Crippen LogP contribution in [0.1, 0.15) is 12.0 Å². The van der Waals surface area contributed by atoms with E-state index in [-0.39, 0.29) is 11.5 Å². The van der Waals surface area contributed by atoms with E-state index in [0.717, 1.165) is 5.56 Å². The summed E-state index contributed by atoms with van der Waals surface area (Å²) in [6.45, 7) is 2.05. The maximum absolute atomic E-state index is 10.5. The van der Waals surface area contributed by atoms with Crippen LogP contribution in [0.3, 0.4) is 0 Å². The summed E-state index contributed by atoms with van der Waals surface area (Å²) in [5.74, 6) is 0.566. The lowest BCUT2D eigenvalue weighted by atomic mass is 10.2. The Bertz CT molecular complexity index is 384. The number of alkyl halides is 1. The van der Waals surface area contributed by atoms with Crippen molar-refractivity contribution in [2.24, 2.45) is 0 Å². The molecular formula is C10H15ClO4S. The molecule has 0 heterocycles. The predicted octanol–water partition coefficient (Wildman–Crippen LogP) is 1.85. The fourth-order valence-corrected chi connectivity index (χ4v) is 1.37. The highest BCUT2D eigenvalue weighted by Crippen LogP contribution is 2.08. The van der Waals surface area contributed by atoms with Gasteiger partial charge in [-0.25, -0.2) is 0 Å². The smallest absolute Gasteiger partial charge is 0.294 e. The van der Waals surface area contributed by atoms with Crippen molar-refractivity contribution in [3.8, 4) is 0 Å². The monoisotopic (exact) mass is 266 g/mol. The van der Waals surface area contributed by atoms with E-state index < -0.39 is 10.1 Å². The number of aryl methyl sites for hydroxylation is 1. The Labute approximate surface area is 101 Å². The van der Waals surface area contributed by atoms with Gasteiger partial charge >= 0.3 is 0 Å². The van der Waals surface area contributed by atoms with Crippen molar-refractivity contribution in [1.82, 2.24) is 0 Å². The molecule has 1 aromatic rings. The summed E-state index contributed by atoms with van der Waals surface area (Å²) >= 11 is 5.14. The Morgan fingerprint density at radius 2 is 1.75 bits per heavy atom. The first-order chi connectivity index (χ1) is 7.41. The molecule has 0 bridgehead atoms. The van der Waals surface area contributed by atoms with Gasteiger partial charge < -0.3 is 5.11 Å². The number of hydrogen-bond acceptors (Lipinski definition) is 3. The first-order valence-electron chi connectivity index (χ1n) is 4.62. The normalized spacial score (nSPS) is 10.5. The van der Waals surface area contributed by atoms with E-state index in [1.54, 1.807) is 12.1 Å². The third-order valence-electron chi connectivity index (χ3n) is 1.61. The van der Waals surface area contributed by atoms with Crippen LogP contribution >= 0.6 is 11.6 Å². The highest BCUT2D eigenvalue weighted by atomic mass is 35.5. The van der Waals surface area contributed by atoms with Gasteiger partial charge in [-0.2, -0.15) is 8.42 Å². The molecule has 0 unspecified atom stereocenters. The summed E-state index contributed by atoms with van der Waals surface area (Å²) in [6.07, 6.45) is 0.710. The fourth-order valence-electron chi connectivity index (χ4n) is 0.770. The van der Waals surface area contributed by atoms with Crippen LogP contribution in [0.2, 0.25) is 0 Å². The molecule has 2 N–H and O–H groups in total. The lowest BCUT2D eigenvalue weighted by molar-refractivity contribution is 0.296. The van der Waals surface area contributed by atoms with E-state index in [4.69, 9.17) is 21.3 Å². The second-order valence-corrected chi connectivity index (χ2v) is 4.85. The van der Waals surface area contributed by atoms with E-state index in [1.807, 2.05) is 6.92 Å². The number of rotatable bonds is 3. The summed E-state index contributed by atoms with van der Waals surface area (Å²) in [6, 6.07) is 5.99. The van der Waals surface area contributed by atoms with Gasteiger partial charge in [-0.05, 0) is 25.5 Å². The molecule has 0 saturated heterocycles. The van der Waals surface area contributed by atoms with Crippen LogP contribution in [0.4, 0.5) is 0 Å². The molecule has 92 valence electrons. The SMILES string of the molecule is Cc1ccc(S(=O)(=O)O)cc1.OCCCCl. The number of hydrogen-bond donors (Lipinski definition) is 2. The van der Waals surface area contributed by atoms with Gasteiger partial charge in [0.15, 0.2) is 0 Å². The molecule has 0 spiro atoms. The average Bonchev–Trinajstić information content (AvgIpc) is 2.19. The number of halogens is 1. The first-order valence-corrected chi connectivity index (χ1v) is 6.60. The molecule has 0 aromatic heterocycles. The summed E-state index contributed by atoms with van der Waals surface area (Å²) in [4.78, 5) is -0.0666. The Morgan fingerprint density at radius 1 is 1.25 bits per heavy atom. The van der Waals surface area contributed by atoms with E-state index >= 15 is 0 Å². The molecular weight excluding hydrogens is 252 g/mol. The van der Waals surface area contributed by atoms with Crippen molar-refractivity contribution in [3.63, 3.8) is 0 Å². The average molecular weight is 267 g/mol. The Kier molecular flexibility index (Phi) is 7.33. The topological polar surface area (TPSA) is 74.6 Å². The summed E-state index contributed by atoms with van der Waals surface area (Å²) in [7, 11) is -4.02. The maximum Gasteiger partial charge on any atom is 0.294 e. The van der Waals surface area contributed by atoms with Gasteiger partial charge in [-0.1, -0.05) is 17.7 Å². The van der Waals surface area contributed by atoms with Crippen molar-refractivity contribution < 1.29 is 18.1 Å². The number of aliphatic hydroxyl groups is 1. The van der Waals surface area contributed by atoms with Crippen LogP contribution in [0, 0.1) is 6.92 Å². The largest absolute Gasteiger partial charge is 0.396 e. The van der Waals surface area contributed by atoms with Crippen molar-refractivity contribution in [2.45, 2.75) is 18.2 Å². The zero-order valence-corrected chi connectivity index (χ0v) is 10.5. The van der Waals surface area contributed by atoms with Gasteiger partial charge in [0.05, 0.1) is 4.90 Å². The Hall–Kier alpha value is -0.620. The van der Waals surface area contributed by atoms with Gasteiger partial charge in [0, 0.05) is 12.5 Å². The van der Waals surface area contributed by atoms with E-state index in [9.17, 15) is 8.42 Å². The quantitative estimate of drug-likeness (QED) is 0.647. The molecule has 0 aliphatic heterocycles. The van der Waals surface area contributed by atoms with Crippen molar-refractivity contribution in [2.75, 3.05) is 12.5 Å². The third kappa shape index (κ3) is 6.79. The molecule has 0 atom stereocenters. The second-order valence-electron chi connectivity index (χ2n) is 3.05. The highest BCUT2D eigenvalue weighted by Gasteiger charge is 2.06. The van der Waals surface area contributed by atoms with Gasteiger partial charge in [0.1, 0.15) is 0 Å².